The van der Waals surface area contributed by atoms with Crippen LogP contribution in [0.25, 0.3) is 0 Å². The molecule has 0 spiro atoms. The van der Waals surface area contributed by atoms with Crippen LogP contribution in [0.2, 0.25) is 0 Å². The molecule has 0 saturated carbocycles. The molecule has 0 bridgehead atoms. The first-order valence-electron chi connectivity index (χ1n) is 11.4. The Morgan fingerprint density at radius 2 is 0.952 bits per heavy atom. The molecular formula is C28H43CrN6O7+. The molecule has 2 aromatic carbocycles. The molecule has 0 aromatic heterocycles. The van der Waals surface area contributed by atoms with Gasteiger partial charge in [0.25, 0.3) is 11.8 Å². The number of nitrogens with zero attached hydrogens (tertiary/aromatic N) is 4. The number of benzene rings is 2. The second-order valence-electron chi connectivity index (χ2n) is 8.33. The van der Waals surface area contributed by atoms with E-state index in [-0.39, 0.29) is 83.5 Å². The van der Waals surface area contributed by atoms with Gasteiger partial charge in [0.1, 0.15) is 34.4 Å². The number of carbonyl (C=O) groups is 2. The van der Waals surface area contributed by atoms with E-state index in [1.807, 2.05) is 13.8 Å². The second kappa shape index (κ2) is 20.6. The van der Waals surface area contributed by atoms with Crippen LogP contribution in [0.3, 0.4) is 0 Å². The zero-order valence-electron chi connectivity index (χ0n) is 25.7. The van der Waals surface area contributed by atoms with E-state index in [4.69, 9.17) is 0 Å². The summed E-state index contributed by atoms with van der Waals surface area (Å²) in [4.78, 5) is 22.9. The largest absolute Gasteiger partial charge is 2.00 e. The number of amides is 2. The molecule has 0 aliphatic heterocycles. The first kappa shape index (κ1) is 44.8. The first-order chi connectivity index (χ1) is 17.7. The quantitative estimate of drug-likeness (QED) is 0.0826. The minimum Gasteiger partial charge on any atom is -0.510 e. The van der Waals surface area contributed by atoms with Gasteiger partial charge in [0.15, 0.2) is 11.4 Å². The molecule has 0 unspecified atom stereocenters. The molecule has 2 aromatic rings. The van der Waals surface area contributed by atoms with Gasteiger partial charge in [0.2, 0.25) is 0 Å². The van der Waals surface area contributed by atoms with Crippen molar-refractivity contribution in [1.29, 1.82) is 0 Å². The second-order valence-corrected chi connectivity index (χ2v) is 8.33. The molecule has 232 valence electrons. The number of allylic oxidation sites excluding steroid dienone is 2. The van der Waals surface area contributed by atoms with Gasteiger partial charge in [-0.2, -0.15) is 0 Å². The summed E-state index contributed by atoms with van der Waals surface area (Å²) in [7, 11) is 2.85. The number of hydrogen-bond donors (Lipinski definition) is 6. The van der Waals surface area contributed by atoms with E-state index >= 15 is 0 Å². The van der Waals surface area contributed by atoms with Crippen LogP contribution >= 0.6 is 0 Å². The Labute approximate surface area is 258 Å². The van der Waals surface area contributed by atoms with Crippen LogP contribution in [0.4, 0.5) is 11.4 Å². The van der Waals surface area contributed by atoms with Crippen LogP contribution < -0.4 is 10.6 Å². The molecule has 14 heteroatoms. The van der Waals surface area contributed by atoms with Crippen molar-refractivity contribution in [3.8, 4) is 11.5 Å². The Morgan fingerprint density at radius 3 is 1.19 bits per heavy atom. The first-order valence-corrected chi connectivity index (χ1v) is 11.4. The van der Waals surface area contributed by atoms with Crippen LogP contribution in [0.1, 0.15) is 36.1 Å². The Bertz CT molecular complexity index is 1230. The van der Waals surface area contributed by atoms with Crippen molar-refractivity contribution < 1.29 is 52.9 Å². The molecule has 9 N–H and O–H groups in total. The third-order valence-electron chi connectivity index (χ3n) is 4.93. The molecule has 0 aliphatic rings. The van der Waals surface area contributed by atoms with E-state index in [0.717, 1.165) is 11.1 Å². The van der Waals surface area contributed by atoms with Crippen molar-refractivity contribution in [2.24, 2.45) is 20.5 Å². The molecular weight excluding hydrogens is 584 g/mol. The van der Waals surface area contributed by atoms with E-state index in [0.29, 0.717) is 11.1 Å². The van der Waals surface area contributed by atoms with Gasteiger partial charge in [-0.25, -0.2) is 0 Å². The fourth-order valence-corrected chi connectivity index (χ4v) is 3.04. The predicted molar refractivity (Wildman–Crippen MR) is 161 cm³/mol. The number of aliphatic hydroxyl groups is 2. The van der Waals surface area contributed by atoms with Crippen molar-refractivity contribution in [2.75, 3.05) is 14.1 Å². The number of phenols is 2. The van der Waals surface area contributed by atoms with Crippen molar-refractivity contribution in [1.82, 2.24) is 10.6 Å². The molecule has 42 heavy (non-hydrogen) atoms. The number of likely N-dealkylation sites (N-methyl/N-ethyl adjacent to an activating group) is 2. The number of aliphatic hydroxyl groups excluding tert-OH is 2. The summed E-state index contributed by atoms with van der Waals surface area (Å²) < 4.78 is 0. The van der Waals surface area contributed by atoms with Gasteiger partial charge < -0.3 is 51.4 Å². The fraction of sp³-hybridized carbons (Fsp3) is 0.286. The van der Waals surface area contributed by atoms with Crippen molar-refractivity contribution in [3.05, 3.63) is 84.3 Å². The summed E-state index contributed by atoms with van der Waals surface area (Å²) in [5.74, 6) is -1.58. The molecule has 0 heterocycles. The Morgan fingerprint density at radius 1 is 0.667 bits per heavy atom. The van der Waals surface area contributed by atoms with Crippen molar-refractivity contribution >= 4 is 23.2 Å². The normalized spacial score (nSPS) is 11.2. The molecule has 0 fully saturated rings. The molecule has 0 aliphatic carbocycles. The number of aromatic hydroxyl groups is 2. The van der Waals surface area contributed by atoms with Gasteiger partial charge in [-0.05, 0) is 75.9 Å². The molecule has 0 radical (unpaired) electrons. The van der Waals surface area contributed by atoms with Crippen LogP contribution in [0.5, 0.6) is 11.5 Å². The summed E-state index contributed by atoms with van der Waals surface area (Å²) >= 11 is 0. The topological polar surface area (TPSA) is 222 Å². The smallest absolute Gasteiger partial charge is 0.510 e. The monoisotopic (exact) mass is 627 g/mol. The zero-order valence-corrected chi connectivity index (χ0v) is 27.0. The van der Waals surface area contributed by atoms with Crippen molar-refractivity contribution in [3.63, 3.8) is 0 Å². The van der Waals surface area contributed by atoms with Gasteiger partial charge in [-0.15, -0.1) is 20.5 Å². The average molecular weight is 628 g/mol. The Hall–Kier alpha value is -4.25. The van der Waals surface area contributed by atoms with E-state index in [1.54, 1.807) is 38.1 Å². The SMILES string of the molecule is CNC(=O)/C(N=Nc1cc(C)cc(C)c1O)=C(\C)O.CNC(=O)/C(N=Nc1cc(C)cc(C)c1O)=C(\C)O.[CH3-].[CH3-].[Cr+2].[OH3+]. The van der Waals surface area contributed by atoms with Crippen molar-refractivity contribution in [2.45, 2.75) is 41.5 Å². The number of azo groups is 2. The van der Waals surface area contributed by atoms with Gasteiger partial charge in [-0.3, -0.25) is 9.59 Å². The fourth-order valence-electron chi connectivity index (χ4n) is 3.04. The molecule has 0 atom stereocenters. The van der Waals surface area contributed by atoms with Gasteiger partial charge in [0.05, 0.1) is 0 Å². The van der Waals surface area contributed by atoms with Gasteiger partial charge >= 0.3 is 17.4 Å². The standard InChI is InChI=1S/2C13H17N3O3.2CH3.Cr.H2O/c2*1-7-5-8(2)12(18)10(6-7)15-16-11(9(3)17)13(19)14-4;;;;/h2*5-6,17-18H,1-4H3,(H,14,19);2*1H3;;1H2/q;;2*-1;+2;/p+1/b2*11-9-,16-15?;;;;. The maximum Gasteiger partial charge on any atom is 2.00 e. The number of rotatable bonds is 6. The Balaban J connectivity index is -0.000000314. The van der Waals surface area contributed by atoms with E-state index in [9.17, 15) is 30.0 Å². The molecule has 0 saturated heterocycles. The summed E-state index contributed by atoms with van der Waals surface area (Å²) in [5.41, 5.74) is 3.27. The van der Waals surface area contributed by atoms with Gasteiger partial charge in [-0.1, -0.05) is 12.1 Å². The summed E-state index contributed by atoms with van der Waals surface area (Å²) in [6, 6.07) is 6.89. The number of hydrogen-bond acceptors (Lipinski definition) is 10. The number of nitrogens with one attached hydrogen (secondary N) is 2. The molecule has 2 amide bonds. The van der Waals surface area contributed by atoms with Crippen LogP contribution in [-0.2, 0) is 32.4 Å². The van der Waals surface area contributed by atoms with Crippen LogP contribution in [0.15, 0.2) is 67.6 Å². The number of carbonyl (C=O) groups excluding carboxylic acids is 2. The summed E-state index contributed by atoms with van der Waals surface area (Å²) in [6.07, 6.45) is 0. The molecule has 2 rings (SSSR count). The average Bonchev–Trinajstić information content (AvgIpc) is 2.84. The van der Waals surface area contributed by atoms with E-state index in [2.05, 4.69) is 31.1 Å². The molecule has 13 nitrogen and oxygen atoms in total. The summed E-state index contributed by atoms with van der Waals surface area (Å²) in [5, 5.41) is 58.1. The van der Waals surface area contributed by atoms with Gasteiger partial charge in [0, 0.05) is 14.1 Å². The third kappa shape index (κ3) is 12.9. The van der Waals surface area contributed by atoms with E-state index in [1.165, 1.54) is 27.9 Å². The maximum absolute atomic E-state index is 11.4. The predicted octanol–water partition coefficient (Wildman–Crippen LogP) is 5.23. The number of aryl methyl sites for hydroxylation is 4. The Kier molecular flexibility index (Phi) is 22.0. The van der Waals surface area contributed by atoms with Crippen LogP contribution in [-0.4, -0.2) is 46.3 Å². The zero-order chi connectivity index (χ0) is 29.2. The third-order valence-corrected chi connectivity index (χ3v) is 4.93. The minimum absolute atomic E-state index is 0. The van der Waals surface area contributed by atoms with E-state index < -0.39 is 11.8 Å². The van der Waals surface area contributed by atoms with Crippen LogP contribution in [0, 0.1) is 42.5 Å². The number of phenolic OH excluding ortho intramolecular Hbond substituents is 2. The summed E-state index contributed by atoms with van der Waals surface area (Å²) in [6.45, 7) is 9.88. The maximum atomic E-state index is 11.4. The minimum atomic E-state index is -0.549.